The summed E-state index contributed by atoms with van der Waals surface area (Å²) in [4.78, 5) is 6.36. The quantitative estimate of drug-likeness (QED) is 0.835. The van der Waals surface area contributed by atoms with Crippen LogP contribution in [0.4, 0.5) is 5.69 Å². The Morgan fingerprint density at radius 2 is 2.15 bits per heavy atom. The summed E-state index contributed by atoms with van der Waals surface area (Å²) in [6, 6.07) is 13.6. The van der Waals surface area contributed by atoms with Crippen LogP contribution in [0.2, 0.25) is 0 Å². The highest BCUT2D eigenvalue weighted by Gasteiger charge is 2.09. The lowest BCUT2D eigenvalue weighted by atomic mass is 10.1. The van der Waals surface area contributed by atoms with E-state index in [1.54, 1.807) is 25.4 Å². The number of aromatic nitrogens is 1. The summed E-state index contributed by atoms with van der Waals surface area (Å²) in [5, 5.41) is 9.19. The van der Waals surface area contributed by atoms with Gasteiger partial charge in [0.15, 0.2) is 0 Å². The molecule has 4 heteroatoms. The Labute approximate surface area is 119 Å². The van der Waals surface area contributed by atoms with Crippen molar-refractivity contribution in [3.05, 3.63) is 53.9 Å². The predicted molar refractivity (Wildman–Crippen MR) is 78.9 cm³/mol. The number of nitriles is 1. The van der Waals surface area contributed by atoms with Crippen molar-refractivity contribution in [1.29, 1.82) is 5.26 Å². The van der Waals surface area contributed by atoms with E-state index in [-0.39, 0.29) is 0 Å². The summed E-state index contributed by atoms with van der Waals surface area (Å²) in [5.41, 5.74) is 2.57. The Hall–Kier alpha value is -2.54. The molecule has 0 aliphatic heterocycles. The van der Waals surface area contributed by atoms with Gasteiger partial charge in [-0.05, 0) is 24.3 Å². The Morgan fingerprint density at radius 3 is 2.80 bits per heavy atom. The third-order valence-electron chi connectivity index (χ3n) is 3.17. The molecular weight excluding hydrogens is 250 g/mol. The molecule has 102 valence electrons. The van der Waals surface area contributed by atoms with Gasteiger partial charge >= 0.3 is 0 Å². The van der Waals surface area contributed by atoms with Gasteiger partial charge in [-0.1, -0.05) is 6.07 Å². The second kappa shape index (κ2) is 6.58. The number of hydrogen-bond donors (Lipinski definition) is 0. The molecule has 1 heterocycles. The Morgan fingerprint density at radius 1 is 1.30 bits per heavy atom. The molecule has 0 aliphatic carbocycles. The molecule has 0 saturated carbocycles. The first kappa shape index (κ1) is 13.9. The normalized spacial score (nSPS) is 9.85. The Balaban J connectivity index is 2.12. The standard InChI is InChI=1S/C16H17N3O/c1-19(10-8-14-5-3-4-9-18-14)16-11-15(20-2)7-6-13(16)12-17/h3-7,9,11H,8,10H2,1-2H3. The van der Waals surface area contributed by atoms with Crippen molar-refractivity contribution >= 4 is 5.69 Å². The second-order valence-corrected chi connectivity index (χ2v) is 4.49. The fourth-order valence-electron chi connectivity index (χ4n) is 2.00. The predicted octanol–water partition coefficient (Wildman–Crippen LogP) is 2.64. The number of anilines is 1. The molecule has 0 atom stereocenters. The fourth-order valence-corrected chi connectivity index (χ4v) is 2.00. The van der Waals surface area contributed by atoms with E-state index < -0.39 is 0 Å². The van der Waals surface area contributed by atoms with Crippen LogP contribution in [0.5, 0.6) is 5.75 Å². The molecular formula is C16H17N3O. The van der Waals surface area contributed by atoms with Crippen molar-refractivity contribution in [2.75, 3.05) is 25.6 Å². The summed E-state index contributed by atoms with van der Waals surface area (Å²) < 4.78 is 5.22. The van der Waals surface area contributed by atoms with E-state index in [0.29, 0.717) is 5.56 Å². The van der Waals surface area contributed by atoms with Gasteiger partial charge < -0.3 is 9.64 Å². The van der Waals surface area contributed by atoms with Crippen LogP contribution in [0.1, 0.15) is 11.3 Å². The molecule has 2 aromatic rings. The van der Waals surface area contributed by atoms with E-state index in [0.717, 1.165) is 30.1 Å². The van der Waals surface area contributed by atoms with Gasteiger partial charge in [-0.2, -0.15) is 5.26 Å². The van der Waals surface area contributed by atoms with E-state index in [2.05, 4.69) is 16.0 Å². The van der Waals surface area contributed by atoms with Crippen molar-refractivity contribution in [2.24, 2.45) is 0 Å². The van der Waals surface area contributed by atoms with Gasteiger partial charge in [-0.25, -0.2) is 0 Å². The highest BCUT2D eigenvalue weighted by Crippen LogP contribution is 2.24. The van der Waals surface area contributed by atoms with Crippen LogP contribution in [-0.4, -0.2) is 25.7 Å². The molecule has 0 aliphatic rings. The van der Waals surface area contributed by atoms with E-state index in [4.69, 9.17) is 4.74 Å². The molecule has 0 unspecified atom stereocenters. The van der Waals surface area contributed by atoms with Gasteiger partial charge in [0.1, 0.15) is 11.8 Å². The molecule has 0 amide bonds. The smallest absolute Gasteiger partial charge is 0.121 e. The molecule has 1 aromatic carbocycles. The third kappa shape index (κ3) is 3.27. The van der Waals surface area contributed by atoms with Crippen LogP contribution in [-0.2, 0) is 6.42 Å². The Bertz CT molecular complexity index is 605. The highest BCUT2D eigenvalue weighted by molar-refractivity contribution is 5.61. The van der Waals surface area contributed by atoms with E-state index in [1.807, 2.05) is 31.3 Å². The molecule has 0 spiro atoms. The average Bonchev–Trinajstić information content (AvgIpc) is 2.52. The van der Waals surface area contributed by atoms with Crippen molar-refractivity contribution in [3.63, 3.8) is 0 Å². The largest absolute Gasteiger partial charge is 0.497 e. The molecule has 0 radical (unpaired) electrons. The lowest BCUT2D eigenvalue weighted by Crippen LogP contribution is -2.21. The van der Waals surface area contributed by atoms with Gasteiger partial charge in [-0.3, -0.25) is 4.98 Å². The number of methoxy groups -OCH3 is 1. The minimum atomic E-state index is 0.648. The summed E-state index contributed by atoms with van der Waals surface area (Å²) in [5.74, 6) is 0.753. The van der Waals surface area contributed by atoms with Gasteiger partial charge in [0, 0.05) is 38.0 Å². The minimum absolute atomic E-state index is 0.648. The number of likely N-dealkylation sites (N-methyl/N-ethyl adjacent to an activating group) is 1. The molecule has 0 N–H and O–H groups in total. The van der Waals surface area contributed by atoms with Crippen molar-refractivity contribution in [1.82, 2.24) is 4.98 Å². The number of hydrogen-bond acceptors (Lipinski definition) is 4. The molecule has 4 nitrogen and oxygen atoms in total. The summed E-state index contributed by atoms with van der Waals surface area (Å²) in [6.45, 7) is 0.791. The first-order valence-electron chi connectivity index (χ1n) is 6.44. The second-order valence-electron chi connectivity index (χ2n) is 4.49. The maximum absolute atomic E-state index is 9.19. The van der Waals surface area contributed by atoms with Gasteiger partial charge in [0.05, 0.1) is 18.4 Å². The zero-order valence-corrected chi connectivity index (χ0v) is 11.7. The van der Waals surface area contributed by atoms with Gasteiger partial charge in [0.2, 0.25) is 0 Å². The summed E-state index contributed by atoms with van der Waals surface area (Å²) in [7, 11) is 3.59. The van der Waals surface area contributed by atoms with Crippen LogP contribution in [0, 0.1) is 11.3 Å². The van der Waals surface area contributed by atoms with Crippen LogP contribution in [0.15, 0.2) is 42.6 Å². The average molecular weight is 267 g/mol. The molecule has 1 aromatic heterocycles. The number of pyridine rings is 1. The summed E-state index contributed by atoms with van der Waals surface area (Å²) in [6.07, 6.45) is 2.63. The van der Waals surface area contributed by atoms with Crippen LogP contribution in [0.3, 0.4) is 0 Å². The molecule has 20 heavy (non-hydrogen) atoms. The van der Waals surface area contributed by atoms with Crippen molar-refractivity contribution < 1.29 is 4.74 Å². The maximum atomic E-state index is 9.19. The summed E-state index contributed by atoms with van der Waals surface area (Å²) >= 11 is 0. The highest BCUT2D eigenvalue weighted by atomic mass is 16.5. The molecule has 2 rings (SSSR count). The lowest BCUT2D eigenvalue weighted by Gasteiger charge is -2.21. The molecule has 0 saturated heterocycles. The fraction of sp³-hybridized carbons (Fsp3) is 0.250. The number of rotatable bonds is 5. The van der Waals surface area contributed by atoms with Crippen molar-refractivity contribution in [3.8, 4) is 11.8 Å². The van der Waals surface area contributed by atoms with Gasteiger partial charge in [-0.15, -0.1) is 0 Å². The molecule has 0 bridgehead atoms. The monoisotopic (exact) mass is 267 g/mol. The number of benzene rings is 1. The SMILES string of the molecule is COc1ccc(C#N)c(N(C)CCc2ccccn2)c1. The maximum Gasteiger partial charge on any atom is 0.121 e. The first-order chi connectivity index (χ1) is 9.74. The van der Waals surface area contributed by atoms with Crippen molar-refractivity contribution in [2.45, 2.75) is 6.42 Å². The number of ether oxygens (including phenoxy) is 1. The van der Waals surface area contributed by atoms with Crippen LogP contribution >= 0.6 is 0 Å². The zero-order chi connectivity index (χ0) is 14.4. The van der Waals surface area contributed by atoms with E-state index in [1.165, 1.54) is 0 Å². The van der Waals surface area contributed by atoms with E-state index in [9.17, 15) is 5.26 Å². The third-order valence-corrected chi connectivity index (χ3v) is 3.17. The van der Waals surface area contributed by atoms with Crippen LogP contribution in [0.25, 0.3) is 0 Å². The van der Waals surface area contributed by atoms with Gasteiger partial charge in [0.25, 0.3) is 0 Å². The molecule has 0 fully saturated rings. The topological polar surface area (TPSA) is 49.1 Å². The Kier molecular flexibility index (Phi) is 4.56. The van der Waals surface area contributed by atoms with E-state index >= 15 is 0 Å². The lowest BCUT2D eigenvalue weighted by molar-refractivity contribution is 0.415. The minimum Gasteiger partial charge on any atom is -0.497 e. The number of nitrogens with zero attached hydrogens (tertiary/aromatic N) is 3. The zero-order valence-electron chi connectivity index (χ0n) is 11.7. The first-order valence-corrected chi connectivity index (χ1v) is 6.44. The van der Waals surface area contributed by atoms with Crippen LogP contribution < -0.4 is 9.64 Å².